The lowest BCUT2D eigenvalue weighted by Gasteiger charge is -2.14. The van der Waals surface area contributed by atoms with Crippen LogP contribution in [0.25, 0.3) is 0 Å². The SMILES string of the molecule is CC(N)Cc1cc(Cl)cc(CC(N)CO)c1O.Cl.Cl. The lowest BCUT2D eigenvalue weighted by atomic mass is 9.99. The molecule has 6 N–H and O–H groups in total. The molecule has 1 aromatic rings. The first-order valence-corrected chi connectivity index (χ1v) is 5.94. The summed E-state index contributed by atoms with van der Waals surface area (Å²) in [6, 6.07) is 2.91. The number of aliphatic hydroxyl groups is 1. The second kappa shape index (κ2) is 9.64. The van der Waals surface area contributed by atoms with E-state index in [4.69, 9.17) is 28.2 Å². The van der Waals surface area contributed by atoms with Gasteiger partial charge in [-0.2, -0.15) is 0 Å². The average Bonchev–Trinajstić information content (AvgIpc) is 2.23. The third kappa shape index (κ3) is 6.65. The van der Waals surface area contributed by atoms with Crippen molar-refractivity contribution in [2.24, 2.45) is 11.5 Å². The topological polar surface area (TPSA) is 92.5 Å². The van der Waals surface area contributed by atoms with Crippen molar-refractivity contribution in [1.82, 2.24) is 0 Å². The van der Waals surface area contributed by atoms with Gasteiger partial charge in [0.25, 0.3) is 0 Å². The van der Waals surface area contributed by atoms with Gasteiger partial charge in [-0.15, -0.1) is 24.8 Å². The molecule has 2 unspecified atom stereocenters. The molecule has 0 saturated heterocycles. The molecule has 19 heavy (non-hydrogen) atoms. The minimum absolute atomic E-state index is 0. The smallest absolute Gasteiger partial charge is 0.122 e. The van der Waals surface area contributed by atoms with Gasteiger partial charge in [0.1, 0.15) is 5.75 Å². The van der Waals surface area contributed by atoms with E-state index in [-0.39, 0.29) is 43.2 Å². The summed E-state index contributed by atoms with van der Waals surface area (Å²) >= 11 is 5.98. The number of halogens is 3. The Bertz CT molecular complexity index is 389. The zero-order valence-corrected chi connectivity index (χ0v) is 13.1. The average molecular weight is 332 g/mol. The molecule has 1 aromatic carbocycles. The van der Waals surface area contributed by atoms with Crippen molar-refractivity contribution in [3.05, 3.63) is 28.3 Å². The highest BCUT2D eigenvalue weighted by Gasteiger charge is 2.13. The molecule has 0 bridgehead atoms. The summed E-state index contributed by atoms with van der Waals surface area (Å²) in [7, 11) is 0. The fourth-order valence-electron chi connectivity index (χ4n) is 1.72. The quantitative estimate of drug-likeness (QED) is 0.660. The molecule has 0 radical (unpaired) electrons. The normalized spacial score (nSPS) is 13.1. The number of phenols is 1. The van der Waals surface area contributed by atoms with Gasteiger partial charge in [-0.3, -0.25) is 0 Å². The van der Waals surface area contributed by atoms with Crippen molar-refractivity contribution in [1.29, 1.82) is 0 Å². The van der Waals surface area contributed by atoms with Crippen molar-refractivity contribution < 1.29 is 10.2 Å². The van der Waals surface area contributed by atoms with Crippen LogP contribution in [0.5, 0.6) is 5.75 Å². The van der Waals surface area contributed by atoms with Crippen LogP contribution in [-0.4, -0.2) is 28.9 Å². The highest BCUT2D eigenvalue weighted by molar-refractivity contribution is 6.30. The highest BCUT2D eigenvalue weighted by Crippen LogP contribution is 2.28. The number of aromatic hydroxyl groups is 1. The molecular weight excluding hydrogens is 311 g/mol. The maximum absolute atomic E-state index is 10.1. The van der Waals surface area contributed by atoms with Gasteiger partial charge >= 0.3 is 0 Å². The van der Waals surface area contributed by atoms with Crippen molar-refractivity contribution in [3.63, 3.8) is 0 Å². The minimum Gasteiger partial charge on any atom is -0.507 e. The standard InChI is InChI=1S/C12H19ClN2O2.2ClH/c1-7(14)2-8-3-10(13)4-9(12(8)17)5-11(15)6-16;;/h3-4,7,11,16-17H,2,5-6,14-15H2,1H3;2*1H. The fourth-order valence-corrected chi connectivity index (χ4v) is 1.99. The van der Waals surface area contributed by atoms with Crippen LogP contribution in [0.2, 0.25) is 5.02 Å². The van der Waals surface area contributed by atoms with E-state index in [1.807, 2.05) is 6.92 Å². The Kier molecular flexibility index (Phi) is 10.7. The number of phenolic OH excluding ortho intramolecular Hbond substituents is 1. The molecule has 4 nitrogen and oxygen atoms in total. The Labute approximate surface area is 130 Å². The van der Waals surface area contributed by atoms with Gasteiger partial charge in [0.15, 0.2) is 0 Å². The van der Waals surface area contributed by atoms with Crippen LogP contribution >= 0.6 is 36.4 Å². The third-order valence-electron chi connectivity index (χ3n) is 2.49. The Morgan fingerprint density at radius 2 is 1.63 bits per heavy atom. The van der Waals surface area contributed by atoms with E-state index < -0.39 is 6.04 Å². The first-order valence-electron chi connectivity index (χ1n) is 5.56. The Hall–Kier alpha value is -0.230. The largest absolute Gasteiger partial charge is 0.507 e. The molecule has 0 heterocycles. The predicted octanol–water partition coefficient (Wildman–Crippen LogP) is 1.64. The van der Waals surface area contributed by atoms with Gasteiger partial charge in [0.05, 0.1) is 6.61 Å². The lowest BCUT2D eigenvalue weighted by Crippen LogP contribution is -2.27. The summed E-state index contributed by atoms with van der Waals surface area (Å²) in [5.74, 6) is 0.176. The number of aliphatic hydroxyl groups excluding tert-OH is 1. The van der Waals surface area contributed by atoms with Crippen LogP contribution in [0.15, 0.2) is 12.1 Å². The second-order valence-corrected chi connectivity index (χ2v) is 4.84. The highest BCUT2D eigenvalue weighted by atomic mass is 35.5. The van der Waals surface area contributed by atoms with E-state index in [1.165, 1.54) is 0 Å². The Morgan fingerprint density at radius 1 is 1.16 bits per heavy atom. The zero-order valence-electron chi connectivity index (χ0n) is 10.7. The van der Waals surface area contributed by atoms with Gasteiger partial charge in [-0.25, -0.2) is 0 Å². The molecule has 7 heteroatoms. The van der Waals surface area contributed by atoms with Crippen LogP contribution < -0.4 is 11.5 Å². The molecule has 0 aromatic heterocycles. The molecule has 0 aliphatic rings. The first-order chi connectivity index (χ1) is 7.93. The third-order valence-corrected chi connectivity index (χ3v) is 2.71. The van der Waals surface area contributed by atoms with Crippen molar-refractivity contribution in [3.8, 4) is 5.75 Å². The molecule has 112 valence electrons. The van der Waals surface area contributed by atoms with Crippen LogP contribution in [0, 0.1) is 0 Å². The zero-order chi connectivity index (χ0) is 13.0. The van der Waals surface area contributed by atoms with Crippen LogP contribution in [0.3, 0.4) is 0 Å². The monoisotopic (exact) mass is 330 g/mol. The van der Waals surface area contributed by atoms with E-state index in [9.17, 15) is 5.11 Å². The fraction of sp³-hybridized carbons (Fsp3) is 0.500. The summed E-state index contributed by atoms with van der Waals surface area (Å²) in [5.41, 5.74) is 12.7. The molecule has 0 amide bonds. The molecule has 1 rings (SSSR count). The Balaban J connectivity index is 0. The minimum atomic E-state index is -0.400. The van der Waals surface area contributed by atoms with Crippen molar-refractivity contribution in [2.75, 3.05) is 6.61 Å². The molecule has 0 fully saturated rings. The summed E-state index contributed by atoms with van der Waals surface area (Å²) in [4.78, 5) is 0. The van der Waals surface area contributed by atoms with E-state index in [0.717, 1.165) is 0 Å². The Morgan fingerprint density at radius 3 is 2.05 bits per heavy atom. The molecular formula is C12H21Cl3N2O2. The summed E-state index contributed by atoms with van der Waals surface area (Å²) in [6.07, 6.45) is 0.933. The summed E-state index contributed by atoms with van der Waals surface area (Å²) < 4.78 is 0. The van der Waals surface area contributed by atoms with Crippen LogP contribution in [0.4, 0.5) is 0 Å². The molecule has 0 saturated carbocycles. The number of hydrogen-bond acceptors (Lipinski definition) is 4. The molecule has 0 spiro atoms. The van der Waals surface area contributed by atoms with Crippen molar-refractivity contribution in [2.45, 2.75) is 31.8 Å². The number of rotatable bonds is 5. The van der Waals surface area contributed by atoms with Gasteiger partial charge in [-0.05, 0) is 43.0 Å². The molecule has 0 aliphatic heterocycles. The van der Waals surface area contributed by atoms with Gasteiger partial charge in [-0.1, -0.05) is 11.6 Å². The second-order valence-electron chi connectivity index (χ2n) is 4.40. The van der Waals surface area contributed by atoms with E-state index in [2.05, 4.69) is 0 Å². The number of benzene rings is 1. The van der Waals surface area contributed by atoms with Gasteiger partial charge in [0.2, 0.25) is 0 Å². The van der Waals surface area contributed by atoms with E-state index in [0.29, 0.717) is 29.0 Å². The number of hydrogen-bond donors (Lipinski definition) is 4. The van der Waals surface area contributed by atoms with Crippen LogP contribution in [-0.2, 0) is 12.8 Å². The summed E-state index contributed by atoms with van der Waals surface area (Å²) in [5, 5.41) is 19.5. The van der Waals surface area contributed by atoms with Gasteiger partial charge < -0.3 is 21.7 Å². The van der Waals surface area contributed by atoms with Crippen LogP contribution in [0.1, 0.15) is 18.1 Å². The molecule has 0 aliphatic carbocycles. The first kappa shape index (κ1) is 21.1. The maximum Gasteiger partial charge on any atom is 0.122 e. The molecule has 2 atom stereocenters. The van der Waals surface area contributed by atoms with Crippen molar-refractivity contribution >= 4 is 36.4 Å². The maximum atomic E-state index is 10.1. The summed E-state index contributed by atoms with van der Waals surface area (Å²) in [6.45, 7) is 1.73. The van der Waals surface area contributed by atoms with E-state index >= 15 is 0 Å². The predicted molar refractivity (Wildman–Crippen MR) is 83.7 cm³/mol. The lowest BCUT2D eigenvalue weighted by molar-refractivity contribution is 0.264. The van der Waals surface area contributed by atoms with Gasteiger partial charge in [0, 0.05) is 17.1 Å². The number of nitrogens with two attached hydrogens (primary N) is 2. The van der Waals surface area contributed by atoms with E-state index in [1.54, 1.807) is 12.1 Å².